The van der Waals surface area contributed by atoms with E-state index in [4.69, 9.17) is 9.72 Å². The van der Waals surface area contributed by atoms with Gasteiger partial charge in [0.05, 0.1) is 12.1 Å². The molecular formula is C27H38N2O. The normalized spacial score (nSPS) is 20.2. The second kappa shape index (κ2) is 9.26. The van der Waals surface area contributed by atoms with E-state index in [-0.39, 0.29) is 0 Å². The predicted octanol–water partition coefficient (Wildman–Crippen LogP) is 6.20. The van der Waals surface area contributed by atoms with Gasteiger partial charge in [0.25, 0.3) is 0 Å². The van der Waals surface area contributed by atoms with E-state index in [0.29, 0.717) is 5.92 Å². The number of fused-ring (bicyclic) bond motifs is 3. The van der Waals surface area contributed by atoms with Crippen molar-refractivity contribution in [3.8, 4) is 5.75 Å². The first kappa shape index (κ1) is 20.3. The summed E-state index contributed by atoms with van der Waals surface area (Å²) >= 11 is 0. The molecule has 1 aromatic carbocycles. The molecule has 0 spiro atoms. The van der Waals surface area contributed by atoms with Crippen molar-refractivity contribution in [1.82, 2.24) is 9.88 Å². The van der Waals surface area contributed by atoms with Crippen LogP contribution in [0.2, 0.25) is 0 Å². The predicted molar refractivity (Wildman–Crippen MR) is 125 cm³/mol. The molecule has 30 heavy (non-hydrogen) atoms. The van der Waals surface area contributed by atoms with Gasteiger partial charge in [-0.2, -0.15) is 0 Å². The number of ether oxygens (including phenoxy) is 1. The molecule has 3 heteroatoms. The molecule has 5 rings (SSSR count). The number of likely N-dealkylation sites (tertiary alicyclic amines) is 1. The van der Waals surface area contributed by atoms with Gasteiger partial charge in [-0.15, -0.1) is 0 Å². The summed E-state index contributed by atoms with van der Waals surface area (Å²) in [5.74, 6) is 1.76. The summed E-state index contributed by atoms with van der Waals surface area (Å²) in [6.45, 7) is 6.79. The van der Waals surface area contributed by atoms with Crippen molar-refractivity contribution in [3.63, 3.8) is 0 Å². The highest BCUT2D eigenvalue weighted by atomic mass is 16.5. The number of hydrogen-bond acceptors (Lipinski definition) is 3. The zero-order valence-electron chi connectivity index (χ0n) is 18.8. The van der Waals surface area contributed by atoms with Crippen molar-refractivity contribution in [2.75, 3.05) is 26.2 Å². The lowest BCUT2D eigenvalue weighted by atomic mass is 9.83. The topological polar surface area (TPSA) is 25.4 Å². The van der Waals surface area contributed by atoms with E-state index in [2.05, 4.69) is 24.0 Å². The van der Waals surface area contributed by atoms with Crippen molar-refractivity contribution in [1.29, 1.82) is 0 Å². The Kier molecular flexibility index (Phi) is 6.27. The van der Waals surface area contributed by atoms with Crippen LogP contribution in [0.4, 0.5) is 0 Å². The molecule has 0 unspecified atom stereocenters. The van der Waals surface area contributed by atoms with E-state index in [1.165, 1.54) is 106 Å². The van der Waals surface area contributed by atoms with Crippen LogP contribution in [0, 0.1) is 0 Å². The summed E-state index contributed by atoms with van der Waals surface area (Å²) in [4.78, 5) is 7.88. The fraction of sp³-hybridized carbons (Fsp3) is 0.667. The molecular weight excluding hydrogens is 368 g/mol. The molecule has 0 atom stereocenters. The van der Waals surface area contributed by atoms with Crippen LogP contribution in [0.15, 0.2) is 12.1 Å². The summed E-state index contributed by atoms with van der Waals surface area (Å²) in [7, 11) is 0. The Morgan fingerprint density at radius 3 is 2.57 bits per heavy atom. The molecule has 2 aromatic rings. The Labute approximate surface area is 182 Å². The molecule has 3 aliphatic rings. The number of pyridine rings is 1. The van der Waals surface area contributed by atoms with Crippen molar-refractivity contribution in [2.24, 2.45) is 0 Å². The van der Waals surface area contributed by atoms with Crippen molar-refractivity contribution >= 4 is 10.9 Å². The minimum absolute atomic E-state index is 0.686. The number of hydrogen-bond donors (Lipinski definition) is 0. The molecule has 2 heterocycles. The van der Waals surface area contributed by atoms with Crippen LogP contribution in [-0.2, 0) is 19.3 Å². The highest BCUT2D eigenvalue weighted by Gasteiger charge is 2.26. The van der Waals surface area contributed by atoms with Crippen LogP contribution in [0.3, 0.4) is 0 Å². The van der Waals surface area contributed by atoms with E-state index >= 15 is 0 Å². The fourth-order valence-corrected chi connectivity index (χ4v) is 6.07. The van der Waals surface area contributed by atoms with Gasteiger partial charge in [0.2, 0.25) is 0 Å². The highest BCUT2D eigenvalue weighted by Crippen LogP contribution is 2.41. The Bertz CT molecular complexity index is 878. The number of nitrogens with zero attached hydrogens (tertiary/aromatic N) is 2. The largest absolute Gasteiger partial charge is 0.493 e. The first-order valence-electron chi connectivity index (χ1n) is 12.7. The fourth-order valence-electron chi connectivity index (χ4n) is 6.07. The van der Waals surface area contributed by atoms with Gasteiger partial charge in [-0.05, 0) is 93.6 Å². The van der Waals surface area contributed by atoms with Gasteiger partial charge >= 0.3 is 0 Å². The lowest BCUT2D eigenvalue weighted by Crippen LogP contribution is -2.22. The van der Waals surface area contributed by atoms with Gasteiger partial charge in [-0.3, -0.25) is 4.98 Å². The number of benzene rings is 1. The standard InChI is InChI=1S/C27H38N2O/c1-2-20-18-24-22-12-8-13-23(22)27(21-10-4-3-5-11-21)28-25(24)19-26(20)30-17-9-16-29-14-6-7-15-29/h18-19,21H,2-17H2,1H3. The highest BCUT2D eigenvalue weighted by molar-refractivity contribution is 5.87. The molecule has 0 radical (unpaired) electrons. The number of aromatic nitrogens is 1. The van der Waals surface area contributed by atoms with E-state index < -0.39 is 0 Å². The van der Waals surface area contributed by atoms with Gasteiger partial charge in [-0.1, -0.05) is 26.2 Å². The minimum Gasteiger partial charge on any atom is -0.493 e. The molecule has 2 aliphatic carbocycles. The Morgan fingerprint density at radius 1 is 0.967 bits per heavy atom. The van der Waals surface area contributed by atoms with Crippen molar-refractivity contribution < 1.29 is 4.74 Å². The molecule has 1 aliphatic heterocycles. The maximum absolute atomic E-state index is 6.33. The third-order valence-corrected chi connectivity index (χ3v) is 7.72. The van der Waals surface area contributed by atoms with Crippen molar-refractivity contribution in [2.45, 2.75) is 89.9 Å². The molecule has 1 aromatic heterocycles. The molecule has 0 amide bonds. The zero-order chi connectivity index (χ0) is 20.3. The average Bonchev–Trinajstić information content (AvgIpc) is 3.48. The van der Waals surface area contributed by atoms with Crippen LogP contribution in [-0.4, -0.2) is 36.1 Å². The Hall–Kier alpha value is -1.61. The second-order valence-corrected chi connectivity index (χ2v) is 9.72. The monoisotopic (exact) mass is 406 g/mol. The third-order valence-electron chi connectivity index (χ3n) is 7.72. The molecule has 162 valence electrons. The molecule has 1 saturated carbocycles. The van der Waals surface area contributed by atoms with Crippen LogP contribution in [0.1, 0.15) is 93.0 Å². The minimum atomic E-state index is 0.686. The maximum Gasteiger partial charge on any atom is 0.124 e. The average molecular weight is 407 g/mol. The second-order valence-electron chi connectivity index (χ2n) is 9.72. The van der Waals surface area contributed by atoms with Crippen LogP contribution >= 0.6 is 0 Å². The summed E-state index contributed by atoms with van der Waals surface area (Å²) in [6, 6.07) is 4.68. The molecule has 1 saturated heterocycles. The lowest BCUT2D eigenvalue weighted by Gasteiger charge is -2.24. The van der Waals surface area contributed by atoms with Gasteiger partial charge < -0.3 is 9.64 Å². The summed E-state index contributed by atoms with van der Waals surface area (Å²) in [5, 5.41) is 1.41. The third kappa shape index (κ3) is 4.10. The van der Waals surface area contributed by atoms with Gasteiger partial charge in [0.1, 0.15) is 5.75 Å². The molecule has 0 bridgehead atoms. The van der Waals surface area contributed by atoms with Crippen LogP contribution < -0.4 is 4.74 Å². The number of rotatable bonds is 7. The summed E-state index contributed by atoms with van der Waals surface area (Å²) in [5.41, 5.74) is 7.19. The smallest absolute Gasteiger partial charge is 0.124 e. The zero-order valence-corrected chi connectivity index (χ0v) is 18.8. The van der Waals surface area contributed by atoms with Crippen LogP contribution in [0.5, 0.6) is 5.75 Å². The van der Waals surface area contributed by atoms with E-state index in [1.54, 1.807) is 11.1 Å². The van der Waals surface area contributed by atoms with Crippen LogP contribution in [0.25, 0.3) is 10.9 Å². The first-order valence-corrected chi connectivity index (χ1v) is 12.7. The summed E-state index contributed by atoms with van der Waals surface area (Å²) < 4.78 is 6.33. The Balaban J connectivity index is 1.41. The molecule has 2 fully saturated rings. The van der Waals surface area contributed by atoms with Gasteiger partial charge in [0.15, 0.2) is 0 Å². The van der Waals surface area contributed by atoms with Gasteiger partial charge in [0, 0.05) is 29.6 Å². The SMILES string of the molecule is CCc1cc2c3c(c(C4CCCCC4)nc2cc1OCCCN1CCCC1)CCC3. The molecule has 0 N–H and O–H groups in total. The number of aryl methyl sites for hydroxylation is 2. The van der Waals surface area contributed by atoms with Crippen molar-refractivity contribution in [3.05, 3.63) is 34.5 Å². The summed E-state index contributed by atoms with van der Waals surface area (Å²) in [6.07, 6.45) is 15.5. The first-order chi connectivity index (χ1) is 14.8. The van der Waals surface area contributed by atoms with E-state index in [1.807, 2.05) is 0 Å². The lowest BCUT2D eigenvalue weighted by molar-refractivity contribution is 0.262. The van der Waals surface area contributed by atoms with E-state index in [9.17, 15) is 0 Å². The molecule has 3 nitrogen and oxygen atoms in total. The Morgan fingerprint density at radius 2 is 1.77 bits per heavy atom. The van der Waals surface area contributed by atoms with E-state index in [0.717, 1.165) is 25.2 Å². The maximum atomic E-state index is 6.33. The van der Waals surface area contributed by atoms with Gasteiger partial charge in [-0.25, -0.2) is 0 Å². The quantitative estimate of drug-likeness (QED) is 0.512.